The van der Waals surface area contributed by atoms with Gasteiger partial charge < -0.3 is 5.32 Å². The lowest BCUT2D eigenvalue weighted by molar-refractivity contribution is -0.188. The molecule has 0 saturated heterocycles. The maximum atomic E-state index is 12.9. The number of nitrogens with zero attached hydrogens (tertiary/aromatic N) is 3. The van der Waals surface area contributed by atoms with E-state index in [1.807, 2.05) is 0 Å². The highest BCUT2D eigenvalue weighted by Gasteiger charge is 2.45. The average molecular weight is 276 g/mol. The average Bonchev–Trinajstić information content (AvgIpc) is 2.87. The van der Waals surface area contributed by atoms with Crippen LogP contribution in [-0.2, 0) is 6.54 Å². The number of nitrogens with one attached hydrogen (secondary N) is 1. The first-order valence-corrected chi connectivity index (χ1v) is 6.71. The van der Waals surface area contributed by atoms with Crippen molar-refractivity contribution in [3.63, 3.8) is 0 Å². The molecule has 1 aromatic rings. The molecule has 0 spiro atoms. The summed E-state index contributed by atoms with van der Waals surface area (Å²) in [4.78, 5) is 0. The van der Waals surface area contributed by atoms with Gasteiger partial charge in [-0.3, -0.25) is 4.68 Å². The van der Waals surface area contributed by atoms with E-state index in [2.05, 4.69) is 15.6 Å². The Kier molecular flexibility index (Phi) is 4.79. The third-order valence-corrected chi connectivity index (χ3v) is 3.63. The van der Waals surface area contributed by atoms with Crippen LogP contribution < -0.4 is 5.32 Å². The van der Waals surface area contributed by atoms with Crippen molar-refractivity contribution in [1.82, 2.24) is 20.3 Å². The van der Waals surface area contributed by atoms with Crippen LogP contribution in [-0.4, -0.2) is 33.8 Å². The Morgan fingerprint density at radius 3 is 2.74 bits per heavy atom. The van der Waals surface area contributed by atoms with Crippen LogP contribution in [0.4, 0.5) is 13.2 Å². The van der Waals surface area contributed by atoms with E-state index in [-0.39, 0.29) is 6.42 Å². The van der Waals surface area contributed by atoms with E-state index in [4.69, 9.17) is 0 Å². The van der Waals surface area contributed by atoms with E-state index in [1.54, 1.807) is 17.1 Å². The van der Waals surface area contributed by atoms with Gasteiger partial charge in [0, 0.05) is 18.8 Å². The largest absolute Gasteiger partial charge is 0.393 e. The van der Waals surface area contributed by atoms with Gasteiger partial charge in [-0.25, -0.2) is 0 Å². The van der Waals surface area contributed by atoms with Crippen LogP contribution in [0.3, 0.4) is 0 Å². The molecule has 1 fully saturated rings. The lowest BCUT2D eigenvalue weighted by Gasteiger charge is -2.33. The van der Waals surface area contributed by atoms with Gasteiger partial charge in [-0.05, 0) is 25.8 Å². The fraction of sp³-hybridized carbons (Fsp3) is 0.833. The van der Waals surface area contributed by atoms with Crippen molar-refractivity contribution in [3.05, 3.63) is 12.4 Å². The van der Waals surface area contributed by atoms with Crippen molar-refractivity contribution in [2.24, 2.45) is 5.92 Å². The zero-order chi connectivity index (χ0) is 13.7. The number of rotatable bonds is 5. The summed E-state index contributed by atoms with van der Waals surface area (Å²) in [6, 6.07) is -0.426. The first kappa shape index (κ1) is 14.3. The smallest absolute Gasteiger partial charge is 0.313 e. The van der Waals surface area contributed by atoms with Crippen molar-refractivity contribution in [2.45, 2.75) is 50.9 Å². The quantitative estimate of drug-likeness (QED) is 0.840. The summed E-state index contributed by atoms with van der Waals surface area (Å²) < 4.78 is 40.3. The van der Waals surface area contributed by atoms with Gasteiger partial charge in [-0.1, -0.05) is 18.1 Å². The Hall–Kier alpha value is -1.11. The van der Waals surface area contributed by atoms with E-state index in [1.165, 1.54) is 0 Å². The summed E-state index contributed by atoms with van der Waals surface area (Å²) in [6.07, 6.45) is 2.45. The van der Waals surface area contributed by atoms with Crippen LogP contribution in [0.5, 0.6) is 0 Å². The van der Waals surface area contributed by atoms with Crippen LogP contribution in [0.1, 0.15) is 32.1 Å². The summed E-state index contributed by atoms with van der Waals surface area (Å²) in [5.74, 6) is -1.19. The Balaban J connectivity index is 1.74. The number of aryl methyl sites for hydroxylation is 1. The molecule has 19 heavy (non-hydrogen) atoms. The van der Waals surface area contributed by atoms with E-state index in [0.717, 1.165) is 12.8 Å². The summed E-state index contributed by atoms with van der Waals surface area (Å²) >= 11 is 0. The van der Waals surface area contributed by atoms with Crippen LogP contribution in [0.25, 0.3) is 0 Å². The van der Waals surface area contributed by atoms with Crippen LogP contribution in [0, 0.1) is 5.92 Å². The van der Waals surface area contributed by atoms with Gasteiger partial charge in [-0.2, -0.15) is 13.2 Å². The first-order valence-electron chi connectivity index (χ1n) is 6.71. The van der Waals surface area contributed by atoms with E-state index < -0.39 is 18.1 Å². The maximum absolute atomic E-state index is 12.9. The second-order valence-corrected chi connectivity index (χ2v) is 5.01. The van der Waals surface area contributed by atoms with Crippen LogP contribution in [0.2, 0.25) is 0 Å². The Labute approximate surface area is 110 Å². The molecule has 7 heteroatoms. The minimum Gasteiger partial charge on any atom is -0.313 e. The summed E-state index contributed by atoms with van der Waals surface area (Å²) in [5, 5.41) is 10.6. The van der Waals surface area contributed by atoms with Crippen molar-refractivity contribution >= 4 is 0 Å². The number of halogens is 3. The van der Waals surface area contributed by atoms with Crippen LogP contribution >= 0.6 is 0 Å². The Bertz CT molecular complexity index is 364. The number of hydrogen-bond acceptors (Lipinski definition) is 3. The van der Waals surface area contributed by atoms with Gasteiger partial charge >= 0.3 is 6.18 Å². The molecular weight excluding hydrogens is 257 g/mol. The lowest BCUT2D eigenvalue weighted by Crippen LogP contribution is -2.45. The predicted octanol–water partition coefficient (Wildman–Crippen LogP) is 2.38. The molecule has 1 saturated carbocycles. The highest BCUT2D eigenvalue weighted by molar-refractivity contribution is 4.85. The lowest BCUT2D eigenvalue weighted by atomic mass is 9.84. The molecule has 1 N–H and O–H groups in total. The molecule has 0 amide bonds. The van der Waals surface area contributed by atoms with Crippen molar-refractivity contribution in [2.75, 3.05) is 6.54 Å². The van der Waals surface area contributed by atoms with Gasteiger partial charge in [0.25, 0.3) is 0 Å². The molecule has 1 heterocycles. The van der Waals surface area contributed by atoms with Gasteiger partial charge in [-0.15, -0.1) is 5.10 Å². The molecule has 0 bridgehead atoms. The maximum Gasteiger partial charge on any atom is 0.393 e. The molecular formula is C12H19F3N4. The predicted molar refractivity (Wildman–Crippen MR) is 64.4 cm³/mol. The molecule has 2 rings (SSSR count). The zero-order valence-electron chi connectivity index (χ0n) is 10.7. The van der Waals surface area contributed by atoms with Crippen molar-refractivity contribution in [1.29, 1.82) is 0 Å². The first-order chi connectivity index (χ1) is 9.07. The highest BCUT2D eigenvalue weighted by Crippen LogP contribution is 2.37. The molecule has 0 aliphatic heterocycles. The van der Waals surface area contributed by atoms with E-state index in [9.17, 15) is 13.2 Å². The van der Waals surface area contributed by atoms with Crippen molar-refractivity contribution < 1.29 is 13.2 Å². The van der Waals surface area contributed by atoms with Gasteiger partial charge in [0.05, 0.1) is 12.1 Å². The van der Waals surface area contributed by atoms with E-state index in [0.29, 0.717) is 25.9 Å². The SMILES string of the molecule is FC(F)(F)C1CCCCC1NCCCn1ccnn1. The normalized spacial score (nSPS) is 24.6. The fourth-order valence-electron chi connectivity index (χ4n) is 2.65. The molecule has 1 aliphatic rings. The molecule has 2 atom stereocenters. The number of hydrogen-bond donors (Lipinski definition) is 1. The topological polar surface area (TPSA) is 42.7 Å². The molecule has 0 aromatic carbocycles. The number of alkyl halides is 3. The zero-order valence-corrected chi connectivity index (χ0v) is 10.7. The Morgan fingerprint density at radius 1 is 1.26 bits per heavy atom. The minimum absolute atomic E-state index is 0.254. The van der Waals surface area contributed by atoms with Crippen LogP contribution in [0.15, 0.2) is 12.4 Å². The minimum atomic E-state index is -4.08. The standard InChI is InChI=1S/C12H19F3N4/c13-12(14,15)10-4-1-2-5-11(10)16-6-3-8-19-9-7-17-18-19/h7,9-11,16H,1-6,8H2. The highest BCUT2D eigenvalue weighted by atomic mass is 19.4. The molecule has 1 aromatic heterocycles. The third-order valence-electron chi connectivity index (χ3n) is 3.63. The Morgan fingerprint density at radius 2 is 2.05 bits per heavy atom. The van der Waals surface area contributed by atoms with Gasteiger partial charge in [0.1, 0.15) is 0 Å². The van der Waals surface area contributed by atoms with Crippen molar-refractivity contribution in [3.8, 4) is 0 Å². The third kappa shape index (κ3) is 4.19. The molecule has 0 radical (unpaired) electrons. The second-order valence-electron chi connectivity index (χ2n) is 5.01. The summed E-state index contributed by atoms with van der Waals surface area (Å²) in [7, 11) is 0. The fourth-order valence-corrected chi connectivity index (χ4v) is 2.65. The molecule has 1 aliphatic carbocycles. The molecule has 4 nitrogen and oxygen atoms in total. The van der Waals surface area contributed by atoms with E-state index >= 15 is 0 Å². The number of aromatic nitrogens is 3. The van der Waals surface area contributed by atoms with Gasteiger partial charge in [0.15, 0.2) is 0 Å². The summed E-state index contributed by atoms with van der Waals surface area (Å²) in [6.45, 7) is 1.26. The van der Waals surface area contributed by atoms with Gasteiger partial charge in [0.2, 0.25) is 0 Å². The molecule has 108 valence electrons. The molecule has 2 unspecified atom stereocenters. The monoisotopic (exact) mass is 276 g/mol. The second kappa shape index (κ2) is 6.36. The summed E-state index contributed by atoms with van der Waals surface area (Å²) in [5.41, 5.74) is 0.